The summed E-state index contributed by atoms with van der Waals surface area (Å²) in [6.07, 6.45) is 2.48. The number of aryl methyl sites for hydroxylation is 1. The molecule has 0 radical (unpaired) electrons. The molecule has 1 fully saturated rings. The Hall–Kier alpha value is -0.870. The summed E-state index contributed by atoms with van der Waals surface area (Å²) in [6, 6.07) is 4.27. The van der Waals surface area contributed by atoms with Gasteiger partial charge in [-0.25, -0.2) is 0 Å². The first-order valence-electron chi connectivity index (χ1n) is 5.25. The molecule has 15 heavy (non-hydrogen) atoms. The fourth-order valence-electron chi connectivity index (χ4n) is 1.66. The van der Waals surface area contributed by atoms with Crippen molar-refractivity contribution in [3.63, 3.8) is 0 Å². The molecule has 0 bridgehead atoms. The van der Waals surface area contributed by atoms with Crippen molar-refractivity contribution in [2.75, 3.05) is 31.2 Å². The molecule has 0 saturated carbocycles. The van der Waals surface area contributed by atoms with Crippen LogP contribution in [0.15, 0.2) is 12.1 Å². The average Bonchev–Trinajstić information content (AvgIpc) is 2.76. The summed E-state index contributed by atoms with van der Waals surface area (Å²) in [5, 5.41) is 1.30. The topological polar surface area (TPSA) is 29.5 Å². The second-order valence-electron chi connectivity index (χ2n) is 3.54. The van der Waals surface area contributed by atoms with Gasteiger partial charge in [0.15, 0.2) is 0 Å². The molecular weight excluding hydrogens is 210 g/mol. The number of ether oxygens (including phenoxy) is 1. The van der Waals surface area contributed by atoms with Crippen LogP contribution in [0, 0.1) is 0 Å². The maximum absolute atomic E-state index is 10.3. The Balaban J connectivity index is 1.95. The smallest absolute Gasteiger partial charge is 0.120 e. The largest absolute Gasteiger partial charge is 0.378 e. The van der Waals surface area contributed by atoms with E-state index in [1.165, 1.54) is 9.88 Å². The molecule has 2 heterocycles. The Kier molecular flexibility index (Phi) is 3.75. The third-order valence-corrected chi connectivity index (χ3v) is 3.68. The van der Waals surface area contributed by atoms with Gasteiger partial charge in [-0.15, -0.1) is 11.3 Å². The first-order valence-corrected chi connectivity index (χ1v) is 6.07. The van der Waals surface area contributed by atoms with E-state index in [4.69, 9.17) is 4.74 Å². The van der Waals surface area contributed by atoms with E-state index in [0.29, 0.717) is 6.42 Å². The van der Waals surface area contributed by atoms with E-state index in [1.807, 2.05) is 0 Å². The number of anilines is 1. The van der Waals surface area contributed by atoms with E-state index in [-0.39, 0.29) is 0 Å². The van der Waals surface area contributed by atoms with Crippen LogP contribution in [0.25, 0.3) is 0 Å². The summed E-state index contributed by atoms with van der Waals surface area (Å²) < 4.78 is 5.31. The van der Waals surface area contributed by atoms with Crippen LogP contribution < -0.4 is 4.90 Å². The van der Waals surface area contributed by atoms with Crippen molar-refractivity contribution in [2.45, 2.75) is 12.8 Å². The molecule has 0 unspecified atom stereocenters. The number of nitrogens with zero attached hydrogens (tertiary/aromatic N) is 1. The van der Waals surface area contributed by atoms with Gasteiger partial charge >= 0.3 is 0 Å². The van der Waals surface area contributed by atoms with E-state index in [1.54, 1.807) is 11.3 Å². The van der Waals surface area contributed by atoms with Gasteiger partial charge in [0.25, 0.3) is 0 Å². The summed E-state index contributed by atoms with van der Waals surface area (Å²) in [6.45, 7) is 3.60. The van der Waals surface area contributed by atoms with Gasteiger partial charge in [0.2, 0.25) is 0 Å². The third kappa shape index (κ3) is 2.79. The maximum Gasteiger partial charge on any atom is 0.120 e. The van der Waals surface area contributed by atoms with Crippen LogP contribution in [0.3, 0.4) is 0 Å². The van der Waals surface area contributed by atoms with E-state index in [9.17, 15) is 4.79 Å². The Morgan fingerprint density at radius 3 is 2.93 bits per heavy atom. The van der Waals surface area contributed by atoms with Crippen LogP contribution in [-0.2, 0) is 16.0 Å². The second kappa shape index (κ2) is 5.28. The molecule has 0 atom stereocenters. The number of carbonyl (C=O) groups is 1. The number of hydrogen-bond donors (Lipinski definition) is 0. The zero-order valence-corrected chi connectivity index (χ0v) is 9.46. The number of aldehydes is 1. The number of rotatable bonds is 4. The molecule has 0 aliphatic carbocycles. The van der Waals surface area contributed by atoms with E-state index in [2.05, 4.69) is 17.0 Å². The van der Waals surface area contributed by atoms with Crippen molar-refractivity contribution >= 4 is 22.6 Å². The molecule has 0 aromatic carbocycles. The highest BCUT2D eigenvalue weighted by molar-refractivity contribution is 7.16. The lowest BCUT2D eigenvalue weighted by molar-refractivity contribution is -0.107. The molecular formula is C11H15NO2S. The molecule has 1 aromatic rings. The molecule has 1 aliphatic rings. The molecule has 0 spiro atoms. The van der Waals surface area contributed by atoms with Gasteiger partial charge in [0.05, 0.1) is 18.2 Å². The first-order chi connectivity index (χ1) is 7.40. The normalized spacial score (nSPS) is 16.7. The van der Waals surface area contributed by atoms with Crippen LogP contribution >= 0.6 is 11.3 Å². The van der Waals surface area contributed by atoms with E-state index in [0.717, 1.165) is 39.0 Å². The zero-order chi connectivity index (χ0) is 10.5. The molecule has 1 aliphatic heterocycles. The Morgan fingerprint density at radius 1 is 1.40 bits per heavy atom. The Bertz CT molecular complexity index is 318. The Labute approximate surface area is 93.7 Å². The first kappa shape index (κ1) is 10.6. The zero-order valence-electron chi connectivity index (χ0n) is 8.65. The van der Waals surface area contributed by atoms with Crippen molar-refractivity contribution in [1.82, 2.24) is 0 Å². The lowest BCUT2D eigenvalue weighted by Gasteiger charge is -2.27. The molecule has 0 N–H and O–H groups in total. The van der Waals surface area contributed by atoms with Gasteiger partial charge in [-0.2, -0.15) is 0 Å². The maximum atomic E-state index is 10.3. The van der Waals surface area contributed by atoms with Crippen molar-refractivity contribution in [3.05, 3.63) is 17.0 Å². The van der Waals surface area contributed by atoms with Gasteiger partial charge < -0.3 is 14.4 Å². The molecule has 2 rings (SSSR count). The summed E-state index contributed by atoms with van der Waals surface area (Å²) in [5.74, 6) is 0. The number of thiophene rings is 1. The van der Waals surface area contributed by atoms with Crippen LogP contribution in [0.4, 0.5) is 5.00 Å². The van der Waals surface area contributed by atoms with Crippen LogP contribution in [0.2, 0.25) is 0 Å². The molecule has 1 aromatic heterocycles. The quantitative estimate of drug-likeness (QED) is 0.731. The minimum absolute atomic E-state index is 0.628. The SMILES string of the molecule is O=CCCc1ccc(N2CCOCC2)s1. The predicted molar refractivity (Wildman–Crippen MR) is 61.7 cm³/mol. The van der Waals surface area contributed by atoms with Crippen LogP contribution in [-0.4, -0.2) is 32.6 Å². The molecule has 0 amide bonds. The molecule has 4 heteroatoms. The summed E-state index contributed by atoms with van der Waals surface area (Å²) in [7, 11) is 0. The van der Waals surface area contributed by atoms with Crippen molar-refractivity contribution in [2.24, 2.45) is 0 Å². The van der Waals surface area contributed by atoms with Crippen LogP contribution in [0.1, 0.15) is 11.3 Å². The predicted octanol–water partition coefficient (Wildman–Crippen LogP) is 1.72. The number of hydrogen-bond acceptors (Lipinski definition) is 4. The van der Waals surface area contributed by atoms with Crippen molar-refractivity contribution in [3.8, 4) is 0 Å². The highest BCUT2D eigenvalue weighted by atomic mass is 32.1. The van der Waals surface area contributed by atoms with Crippen LogP contribution in [0.5, 0.6) is 0 Å². The van der Waals surface area contributed by atoms with Crippen molar-refractivity contribution in [1.29, 1.82) is 0 Å². The van der Waals surface area contributed by atoms with Gasteiger partial charge in [0.1, 0.15) is 6.29 Å². The van der Waals surface area contributed by atoms with Gasteiger partial charge in [-0.05, 0) is 18.6 Å². The molecule has 3 nitrogen and oxygen atoms in total. The molecule has 82 valence electrons. The minimum Gasteiger partial charge on any atom is -0.378 e. The van der Waals surface area contributed by atoms with E-state index >= 15 is 0 Å². The molecule has 1 saturated heterocycles. The third-order valence-electron chi connectivity index (χ3n) is 2.48. The average molecular weight is 225 g/mol. The van der Waals surface area contributed by atoms with Crippen molar-refractivity contribution < 1.29 is 9.53 Å². The standard InChI is InChI=1S/C11H15NO2S/c13-7-1-2-10-3-4-11(15-10)12-5-8-14-9-6-12/h3-4,7H,1-2,5-6,8-9H2. The summed E-state index contributed by atoms with van der Waals surface area (Å²) in [4.78, 5) is 13.9. The van der Waals surface area contributed by atoms with Gasteiger partial charge in [-0.1, -0.05) is 0 Å². The minimum atomic E-state index is 0.628. The lowest BCUT2D eigenvalue weighted by Crippen LogP contribution is -2.35. The number of morpholine rings is 1. The van der Waals surface area contributed by atoms with E-state index < -0.39 is 0 Å². The summed E-state index contributed by atoms with van der Waals surface area (Å²) >= 11 is 1.79. The second-order valence-corrected chi connectivity index (χ2v) is 4.69. The highest BCUT2D eigenvalue weighted by Gasteiger charge is 2.12. The highest BCUT2D eigenvalue weighted by Crippen LogP contribution is 2.27. The summed E-state index contributed by atoms with van der Waals surface area (Å²) in [5.41, 5.74) is 0. The van der Waals surface area contributed by atoms with Gasteiger partial charge in [-0.3, -0.25) is 0 Å². The lowest BCUT2D eigenvalue weighted by atomic mass is 10.3. The number of carbonyl (C=O) groups excluding carboxylic acids is 1. The monoisotopic (exact) mass is 225 g/mol. The Morgan fingerprint density at radius 2 is 2.20 bits per heavy atom. The fraction of sp³-hybridized carbons (Fsp3) is 0.545. The fourth-order valence-corrected chi connectivity index (χ4v) is 2.73. The van der Waals surface area contributed by atoms with Gasteiger partial charge in [0, 0.05) is 24.4 Å².